The maximum absolute atomic E-state index is 13.1. The summed E-state index contributed by atoms with van der Waals surface area (Å²) in [4.78, 5) is 16.8. The van der Waals surface area contributed by atoms with Gasteiger partial charge in [-0.3, -0.25) is 9.48 Å². The van der Waals surface area contributed by atoms with Crippen LogP contribution in [0.5, 0.6) is 0 Å². The average Bonchev–Trinajstić information content (AvgIpc) is 3.30. The van der Waals surface area contributed by atoms with Crippen LogP contribution in [0.2, 0.25) is 0 Å². The predicted molar refractivity (Wildman–Crippen MR) is 95.9 cm³/mol. The molecular weight excluding hydrogens is 351 g/mol. The third-order valence-corrected chi connectivity index (χ3v) is 4.59. The minimum atomic E-state index is -0.388. The highest BCUT2D eigenvalue weighted by molar-refractivity contribution is 6.02. The molecular formula is C19H19FN4O3. The van der Waals surface area contributed by atoms with E-state index in [2.05, 4.69) is 15.4 Å². The lowest BCUT2D eigenvalue weighted by molar-refractivity contribution is 0.0794. The van der Waals surface area contributed by atoms with Crippen LogP contribution in [-0.4, -0.2) is 33.9 Å². The highest BCUT2D eigenvalue weighted by atomic mass is 19.1. The van der Waals surface area contributed by atoms with Crippen molar-refractivity contribution in [3.8, 4) is 11.3 Å². The van der Waals surface area contributed by atoms with E-state index in [-0.39, 0.29) is 23.3 Å². The fourth-order valence-electron chi connectivity index (χ4n) is 3.12. The number of rotatable bonds is 4. The lowest BCUT2D eigenvalue weighted by Gasteiger charge is -2.18. The van der Waals surface area contributed by atoms with Gasteiger partial charge in [0.15, 0.2) is 17.4 Å². The van der Waals surface area contributed by atoms with Crippen LogP contribution in [0.25, 0.3) is 11.3 Å². The van der Waals surface area contributed by atoms with Crippen molar-refractivity contribution in [3.05, 3.63) is 54.0 Å². The maximum Gasteiger partial charge on any atom is 0.278 e. The molecule has 0 spiro atoms. The van der Waals surface area contributed by atoms with Crippen LogP contribution in [0.4, 0.5) is 10.2 Å². The van der Waals surface area contributed by atoms with Crippen molar-refractivity contribution in [1.29, 1.82) is 0 Å². The van der Waals surface area contributed by atoms with E-state index in [0.29, 0.717) is 24.9 Å². The molecule has 7 nitrogen and oxygen atoms in total. The number of hydrogen-bond acceptors (Lipinski definition) is 5. The number of anilines is 1. The standard InChI is InChI=1S/C19H19FN4O3/c1-24-16(12-2-4-14(20)5-3-12)10-17(23-24)22-18(25)15-11-27-19(21-15)13-6-8-26-9-7-13/h2-5,10-11,13H,6-9H2,1H3,(H,22,23,25). The van der Waals surface area contributed by atoms with Crippen LogP contribution in [-0.2, 0) is 11.8 Å². The van der Waals surface area contributed by atoms with Crippen molar-refractivity contribution in [2.45, 2.75) is 18.8 Å². The van der Waals surface area contributed by atoms with Gasteiger partial charge in [-0.25, -0.2) is 9.37 Å². The molecule has 1 fully saturated rings. The first-order chi connectivity index (χ1) is 13.1. The van der Waals surface area contributed by atoms with Crippen molar-refractivity contribution in [2.75, 3.05) is 18.5 Å². The van der Waals surface area contributed by atoms with E-state index in [1.165, 1.54) is 18.4 Å². The molecule has 3 aromatic rings. The largest absolute Gasteiger partial charge is 0.448 e. The van der Waals surface area contributed by atoms with Crippen molar-refractivity contribution < 1.29 is 18.3 Å². The quantitative estimate of drug-likeness (QED) is 0.761. The number of carbonyl (C=O) groups excluding carboxylic acids is 1. The summed E-state index contributed by atoms with van der Waals surface area (Å²) < 4.78 is 25.5. The highest BCUT2D eigenvalue weighted by Crippen LogP contribution is 2.26. The van der Waals surface area contributed by atoms with Crippen LogP contribution < -0.4 is 5.32 Å². The first-order valence-electron chi connectivity index (χ1n) is 8.74. The number of oxazole rings is 1. The second kappa shape index (κ2) is 7.32. The molecule has 0 bridgehead atoms. The molecule has 2 aromatic heterocycles. The van der Waals surface area contributed by atoms with Crippen LogP contribution >= 0.6 is 0 Å². The van der Waals surface area contributed by atoms with Gasteiger partial charge in [-0.1, -0.05) is 0 Å². The number of nitrogens with one attached hydrogen (secondary N) is 1. The molecule has 1 amide bonds. The van der Waals surface area contributed by atoms with Gasteiger partial charge in [-0.15, -0.1) is 0 Å². The molecule has 0 saturated carbocycles. The Hall–Kier alpha value is -3.00. The Morgan fingerprint density at radius 2 is 2.00 bits per heavy atom. The van der Waals surface area contributed by atoms with Gasteiger partial charge < -0.3 is 14.5 Å². The Balaban J connectivity index is 1.48. The Bertz CT molecular complexity index is 942. The minimum Gasteiger partial charge on any atom is -0.448 e. The van der Waals surface area contributed by atoms with Crippen LogP contribution in [0.15, 0.2) is 41.0 Å². The van der Waals surface area contributed by atoms with Crippen molar-refractivity contribution in [3.63, 3.8) is 0 Å². The van der Waals surface area contributed by atoms with E-state index in [4.69, 9.17) is 9.15 Å². The normalized spacial score (nSPS) is 15.0. The number of carbonyl (C=O) groups is 1. The summed E-state index contributed by atoms with van der Waals surface area (Å²) >= 11 is 0. The van der Waals surface area contributed by atoms with Crippen molar-refractivity contribution >= 4 is 11.7 Å². The molecule has 0 unspecified atom stereocenters. The molecule has 27 heavy (non-hydrogen) atoms. The zero-order valence-electron chi connectivity index (χ0n) is 14.8. The highest BCUT2D eigenvalue weighted by Gasteiger charge is 2.23. The number of hydrogen-bond donors (Lipinski definition) is 1. The average molecular weight is 370 g/mol. The first kappa shape index (κ1) is 17.4. The van der Waals surface area contributed by atoms with Crippen LogP contribution in [0, 0.1) is 5.82 Å². The summed E-state index contributed by atoms with van der Waals surface area (Å²) in [5, 5.41) is 7.01. The number of aryl methyl sites for hydroxylation is 1. The fourth-order valence-corrected chi connectivity index (χ4v) is 3.12. The summed E-state index contributed by atoms with van der Waals surface area (Å²) in [6.07, 6.45) is 3.04. The van der Waals surface area contributed by atoms with Gasteiger partial charge in [0.05, 0.1) is 5.69 Å². The summed E-state index contributed by atoms with van der Waals surface area (Å²) in [7, 11) is 1.76. The topological polar surface area (TPSA) is 82.2 Å². The van der Waals surface area contributed by atoms with E-state index >= 15 is 0 Å². The maximum atomic E-state index is 13.1. The molecule has 0 radical (unpaired) electrons. The van der Waals surface area contributed by atoms with Crippen LogP contribution in [0.1, 0.15) is 35.1 Å². The van der Waals surface area contributed by atoms with Crippen molar-refractivity contribution in [1.82, 2.24) is 14.8 Å². The molecule has 8 heteroatoms. The van der Waals surface area contributed by atoms with Gasteiger partial charge >= 0.3 is 0 Å². The van der Waals surface area contributed by atoms with Gasteiger partial charge in [0.1, 0.15) is 12.1 Å². The van der Waals surface area contributed by atoms with E-state index < -0.39 is 0 Å². The second-order valence-electron chi connectivity index (χ2n) is 6.46. The lowest BCUT2D eigenvalue weighted by atomic mass is 10.0. The Labute approximate surface area is 155 Å². The Morgan fingerprint density at radius 1 is 1.26 bits per heavy atom. The summed E-state index contributed by atoms with van der Waals surface area (Å²) in [5.74, 6) is 0.441. The van der Waals surface area contributed by atoms with Crippen LogP contribution in [0.3, 0.4) is 0 Å². The molecule has 1 aliphatic rings. The summed E-state index contributed by atoms with van der Waals surface area (Å²) in [5.41, 5.74) is 1.77. The zero-order valence-corrected chi connectivity index (χ0v) is 14.8. The van der Waals surface area contributed by atoms with Gasteiger partial charge in [0, 0.05) is 37.8 Å². The second-order valence-corrected chi connectivity index (χ2v) is 6.46. The molecule has 0 atom stereocenters. The van der Waals surface area contributed by atoms with E-state index in [0.717, 1.165) is 24.1 Å². The molecule has 0 aliphatic carbocycles. The number of aromatic nitrogens is 3. The van der Waals surface area contributed by atoms with E-state index in [9.17, 15) is 9.18 Å². The zero-order chi connectivity index (χ0) is 18.8. The summed E-state index contributed by atoms with van der Waals surface area (Å²) in [6, 6.07) is 7.82. The molecule has 140 valence electrons. The van der Waals surface area contributed by atoms with Gasteiger partial charge in [-0.05, 0) is 37.1 Å². The van der Waals surface area contributed by atoms with Gasteiger partial charge in [-0.2, -0.15) is 5.10 Å². The molecule has 1 N–H and O–H groups in total. The summed E-state index contributed by atoms with van der Waals surface area (Å²) in [6.45, 7) is 1.35. The third kappa shape index (κ3) is 3.75. The van der Waals surface area contributed by atoms with Crippen molar-refractivity contribution in [2.24, 2.45) is 7.05 Å². The Kier molecular flexibility index (Phi) is 4.72. The molecule has 1 aliphatic heterocycles. The lowest BCUT2D eigenvalue weighted by Crippen LogP contribution is -2.16. The van der Waals surface area contributed by atoms with Gasteiger partial charge in [0.25, 0.3) is 5.91 Å². The molecule has 1 aromatic carbocycles. The van der Waals surface area contributed by atoms with E-state index in [1.54, 1.807) is 29.9 Å². The smallest absolute Gasteiger partial charge is 0.278 e. The molecule has 3 heterocycles. The SMILES string of the molecule is Cn1nc(NC(=O)c2coc(C3CCOCC3)n2)cc1-c1ccc(F)cc1. The van der Waals surface area contributed by atoms with Gasteiger partial charge in [0.2, 0.25) is 0 Å². The number of ether oxygens (including phenoxy) is 1. The molecule has 4 rings (SSSR count). The minimum absolute atomic E-state index is 0.181. The third-order valence-electron chi connectivity index (χ3n) is 4.59. The molecule has 1 saturated heterocycles. The van der Waals surface area contributed by atoms with E-state index in [1.807, 2.05) is 0 Å². The Morgan fingerprint density at radius 3 is 2.74 bits per heavy atom. The number of halogens is 1. The number of benzene rings is 1. The fraction of sp³-hybridized carbons (Fsp3) is 0.316. The first-order valence-corrected chi connectivity index (χ1v) is 8.74. The number of nitrogens with zero attached hydrogens (tertiary/aromatic N) is 3. The number of amides is 1. The predicted octanol–water partition coefficient (Wildman–Crippen LogP) is 3.36. The monoisotopic (exact) mass is 370 g/mol.